The van der Waals surface area contributed by atoms with Gasteiger partial charge >= 0.3 is 5.97 Å². The van der Waals surface area contributed by atoms with E-state index in [-0.39, 0.29) is 17.4 Å². The standard InChI is InChI=1S/C18H15N3O5S/c1-25-14-6-3-7-15-16(14)19-18(27-15)20-9-13(10-20)26-17(22)11-4-2-5-12(8-11)21(23)24/h2-8,13H,9-10H2,1H3. The second-order valence-electron chi connectivity index (χ2n) is 6.04. The summed E-state index contributed by atoms with van der Waals surface area (Å²) in [5.41, 5.74) is 0.854. The number of thiazole rings is 1. The van der Waals surface area contributed by atoms with E-state index in [4.69, 9.17) is 9.47 Å². The van der Waals surface area contributed by atoms with Gasteiger partial charge in [-0.05, 0) is 18.2 Å². The molecule has 1 aromatic heterocycles. The third kappa shape index (κ3) is 3.28. The summed E-state index contributed by atoms with van der Waals surface area (Å²) >= 11 is 1.55. The smallest absolute Gasteiger partial charge is 0.338 e. The van der Waals surface area contributed by atoms with Crippen LogP contribution in [0.3, 0.4) is 0 Å². The van der Waals surface area contributed by atoms with Gasteiger partial charge in [-0.25, -0.2) is 9.78 Å². The minimum atomic E-state index is -0.561. The predicted octanol–water partition coefficient (Wildman–Crippen LogP) is 3.26. The molecule has 0 spiro atoms. The van der Waals surface area contributed by atoms with Crippen LogP contribution < -0.4 is 9.64 Å². The van der Waals surface area contributed by atoms with Crippen LogP contribution in [0.2, 0.25) is 0 Å². The van der Waals surface area contributed by atoms with E-state index in [9.17, 15) is 14.9 Å². The molecule has 0 bridgehead atoms. The average Bonchev–Trinajstić information content (AvgIpc) is 3.07. The lowest BCUT2D eigenvalue weighted by atomic mass is 10.1. The summed E-state index contributed by atoms with van der Waals surface area (Å²) in [6.07, 6.45) is -0.273. The van der Waals surface area contributed by atoms with Gasteiger partial charge in [0.15, 0.2) is 5.13 Å². The molecule has 3 aromatic rings. The third-order valence-corrected chi connectivity index (χ3v) is 5.36. The summed E-state index contributed by atoms with van der Waals surface area (Å²) in [4.78, 5) is 29.1. The Kier molecular flexibility index (Phi) is 4.36. The number of esters is 1. The normalized spacial score (nSPS) is 14.0. The zero-order valence-corrected chi connectivity index (χ0v) is 15.1. The fraction of sp³-hybridized carbons (Fsp3) is 0.222. The molecule has 9 heteroatoms. The number of carbonyl (C=O) groups excluding carboxylic acids is 1. The van der Waals surface area contributed by atoms with Crippen LogP contribution in [0.25, 0.3) is 10.2 Å². The number of hydrogen-bond donors (Lipinski definition) is 0. The molecule has 2 heterocycles. The topological polar surface area (TPSA) is 94.8 Å². The molecular formula is C18H15N3O5S. The van der Waals surface area contributed by atoms with Crippen LogP contribution in [0.5, 0.6) is 5.75 Å². The highest BCUT2D eigenvalue weighted by atomic mass is 32.1. The number of nitro groups is 1. The van der Waals surface area contributed by atoms with Gasteiger partial charge in [-0.3, -0.25) is 10.1 Å². The van der Waals surface area contributed by atoms with Crippen molar-refractivity contribution in [3.05, 3.63) is 58.1 Å². The first-order valence-corrected chi connectivity index (χ1v) is 9.00. The Balaban J connectivity index is 1.40. The summed E-state index contributed by atoms with van der Waals surface area (Å²) in [5, 5.41) is 11.7. The van der Waals surface area contributed by atoms with Crippen LogP contribution in [0, 0.1) is 10.1 Å². The first-order valence-electron chi connectivity index (χ1n) is 8.19. The van der Waals surface area contributed by atoms with Crippen molar-refractivity contribution in [3.8, 4) is 5.75 Å². The Morgan fingerprint density at radius 1 is 1.30 bits per heavy atom. The van der Waals surface area contributed by atoms with Gasteiger partial charge in [0.05, 0.1) is 35.4 Å². The van der Waals surface area contributed by atoms with E-state index in [0.717, 1.165) is 21.1 Å². The Bertz CT molecular complexity index is 1030. The number of aromatic nitrogens is 1. The van der Waals surface area contributed by atoms with E-state index < -0.39 is 10.9 Å². The van der Waals surface area contributed by atoms with Gasteiger partial charge < -0.3 is 14.4 Å². The number of nitrogens with zero attached hydrogens (tertiary/aromatic N) is 3. The van der Waals surface area contributed by atoms with E-state index >= 15 is 0 Å². The molecule has 27 heavy (non-hydrogen) atoms. The number of fused-ring (bicyclic) bond motifs is 1. The van der Waals surface area contributed by atoms with Crippen LogP contribution in [0.1, 0.15) is 10.4 Å². The average molecular weight is 385 g/mol. The molecule has 1 aliphatic rings. The lowest BCUT2D eigenvalue weighted by molar-refractivity contribution is -0.384. The Labute approximate surface area is 158 Å². The first-order chi connectivity index (χ1) is 13.0. The molecule has 1 aliphatic heterocycles. The number of non-ortho nitro benzene ring substituents is 1. The zero-order valence-electron chi connectivity index (χ0n) is 14.3. The lowest BCUT2D eigenvalue weighted by Crippen LogP contribution is -2.53. The van der Waals surface area contributed by atoms with Crippen molar-refractivity contribution in [2.24, 2.45) is 0 Å². The van der Waals surface area contributed by atoms with Crippen LogP contribution in [0.15, 0.2) is 42.5 Å². The van der Waals surface area contributed by atoms with Crippen molar-refractivity contribution < 1.29 is 19.2 Å². The Morgan fingerprint density at radius 3 is 2.81 bits per heavy atom. The summed E-state index contributed by atoms with van der Waals surface area (Å²) in [5.74, 6) is 0.165. The highest BCUT2D eigenvalue weighted by molar-refractivity contribution is 7.22. The minimum absolute atomic E-state index is 0.136. The maximum atomic E-state index is 12.2. The summed E-state index contributed by atoms with van der Waals surface area (Å²) in [6.45, 7) is 1.06. The molecule has 0 unspecified atom stereocenters. The largest absolute Gasteiger partial charge is 0.494 e. The molecule has 0 N–H and O–H groups in total. The van der Waals surface area contributed by atoms with Crippen molar-refractivity contribution in [2.75, 3.05) is 25.1 Å². The fourth-order valence-corrected chi connectivity index (χ4v) is 3.85. The van der Waals surface area contributed by atoms with E-state index in [1.807, 2.05) is 23.1 Å². The molecule has 0 radical (unpaired) electrons. The molecule has 1 fully saturated rings. The molecule has 2 aromatic carbocycles. The lowest BCUT2D eigenvalue weighted by Gasteiger charge is -2.38. The molecule has 0 aliphatic carbocycles. The highest BCUT2D eigenvalue weighted by Crippen LogP contribution is 2.36. The Hall–Kier alpha value is -3.20. The van der Waals surface area contributed by atoms with E-state index in [1.165, 1.54) is 24.3 Å². The first kappa shape index (κ1) is 17.2. The van der Waals surface area contributed by atoms with Gasteiger partial charge in [0.25, 0.3) is 5.69 Å². The number of ether oxygens (including phenoxy) is 2. The third-order valence-electron chi connectivity index (χ3n) is 4.28. The maximum Gasteiger partial charge on any atom is 0.338 e. The highest BCUT2D eigenvalue weighted by Gasteiger charge is 2.32. The SMILES string of the molecule is COc1cccc2sc(N3CC(OC(=O)c4cccc([N+](=O)[O-])c4)C3)nc12. The van der Waals surface area contributed by atoms with Gasteiger partial charge in [0.2, 0.25) is 0 Å². The molecular weight excluding hydrogens is 370 g/mol. The van der Waals surface area contributed by atoms with Gasteiger partial charge in [0, 0.05) is 12.1 Å². The predicted molar refractivity (Wildman–Crippen MR) is 101 cm³/mol. The van der Waals surface area contributed by atoms with Crippen molar-refractivity contribution in [1.82, 2.24) is 4.98 Å². The molecule has 138 valence electrons. The molecule has 4 rings (SSSR count). The number of benzene rings is 2. The zero-order chi connectivity index (χ0) is 19.0. The summed E-state index contributed by atoms with van der Waals surface area (Å²) < 4.78 is 11.8. The summed E-state index contributed by atoms with van der Waals surface area (Å²) in [7, 11) is 1.61. The van der Waals surface area contributed by atoms with Gasteiger partial charge in [0.1, 0.15) is 17.4 Å². The van der Waals surface area contributed by atoms with Crippen LogP contribution >= 0.6 is 11.3 Å². The second kappa shape index (κ2) is 6.84. The quantitative estimate of drug-likeness (QED) is 0.378. The number of rotatable bonds is 5. The van der Waals surface area contributed by atoms with Gasteiger partial charge in [-0.1, -0.05) is 23.5 Å². The van der Waals surface area contributed by atoms with Crippen LogP contribution in [-0.4, -0.2) is 42.2 Å². The molecule has 0 amide bonds. The number of nitro benzene ring substituents is 1. The number of methoxy groups -OCH3 is 1. The number of para-hydroxylation sites is 1. The van der Waals surface area contributed by atoms with E-state index in [1.54, 1.807) is 18.4 Å². The second-order valence-corrected chi connectivity index (χ2v) is 7.05. The molecule has 0 saturated carbocycles. The minimum Gasteiger partial charge on any atom is -0.494 e. The van der Waals surface area contributed by atoms with E-state index in [2.05, 4.69) is 4.98 Å². The van der Waals surface area contributed by atoms with Gasteiger partial charge in [-0.15, -0.1) is 0 Å². The molecule has 8 nitrogen and oxygen atoms in total. The Morgan fingerprint density at radius 2 is 2.07 bits per heavy atom. The van der Waals surface area contributed by atoms with E-state index in [0.29, 0.717) is 13.1 Å². The fourth-order valence-electron chi connectivity index (χ4n) is 2.85. The van der Waals surface area contributed by atoms with Crippen molar-refractivity contribution in [3.63, 3.8) is 0 Å². The monoisotopic (exact) mass is 385 g/mol. The van der Waals surface area contributed by atoms with Crippen LogP contribution in [0.4, 0.5) is 10.8 Å². The number of anilines is 1. The van der Waals surface area contributed by atoms with Crippen molar-refractivity contribution in [1.29, 1.82) is 0 Å². The summed E-state index contributed by atoms with van der Waals surface area (Å²) in [6, 6.07) is 11.3. The molecule has 0 atom stereocenters. The molecule has 1 saturated heterocycles. The van der Waals surface area contributed by atoms with Crippen molar-refractivity contribution in [2.45, 2.75) is 6.10 Å². The number of carbonyl (C=O) groups is 1. The van der Waals surface area contributed by atoms with Crippen LogP contribution in [-0.2, 0) is 4.74 Å². The van der Waals surface area contributed by atoms with Gasteiger partial charge in [-0.2, -0.15) is 0 Å². The number of hydrogen-bond acceptors (Lipinski definition) is 8. The van der Waals surface area contributed by atoms with Crippen molar-refractivity contribution >= 4 is 38.3 Å². The maximum absolute atomic E-state index is 12.2.